The van der Waals surface area contributed by atoms with Gasteiger partial charge in [0.15, 0.2) is 0 Å². The Labute approximate surface area is 180 Å². The second-order valence-electron chi connectivity index (χ2n) is 7.18. The van der Waals surface area contributed by atoms with Gasteiger partial charge in [0.2, 0.25) is 0 Å². The van der Waals surface area contributed by atoms with Crippen molar-refractivity contribution in [2.24, 2.45) is 0 Å². The van der Waals surface area contributed by atoms with Gasteiger partial charge in [-0.1, -0.05) is 54.1 Å². The van der Waals surface area contributed by atoms with E-state index in [-0.39, 0.29) is 12.0 Å². The molecule has 0 fully saturated rings. The van der Waals surface area contributed by atoms with Gasteiger partial charge in [-0.25, -0.2) is 4.68 Å². The molecule has 1 aromatic heterocycles. The van der Waals surface area contributed by atoms with Gasteiger partial charge < -0.3 is 5.11 Å². The minimum atomic E-state index is -0.250. The van der Waals surface area contributed by atoms with E-state index >= 15 is 0 Å². The minimum absolute atomic E-state index is 0.138. The summed E-state index contributed by atoms with van der Waals surface area (Å²) in [6.07, 6.45) is 0.916. The maximum absolute atomic E-state index is 13.2. The first-order chi connectivity index (χ1) is 14.6. The number of rotatable bonds is 5. The number of halogens is 1. The first-order valence-electron chi connectivity index (χ1n) is 9.97. The van der Waals surface area contributed by atoms with Crippen LogP contribution in [0.3, 0.4) is 0 Å². The highest BCUT2D eigenvalue weighted by atomic mass is 35.5. The van der Waals surface area contributed by atoms with E-state index < -0.39 is 0 Å². The Balaban J connectivity index is 0.000000806. The molecule has 0 unspecified atom stereocenters. The molecular formula is C23H26ClN3O3. The van der Waals surface area contributed by atoms with Gasteiger partial charge in [-0.15, -0.1) is 0 Å². The van der Waals surface area contributed by atoms with Crippen molar-refractivity contribution >= 4 is 18.1 Å². The van der Waals surface area contributed by atoms with Crippen LogP contribution in [0.15, 0.2) is 59.4 Å². The predicted octanol–water partition coefficient (Wildman–Crippen LogP) is 3.63. The van der Waals surface area contributed by atoms with Crippen LogP contribution in [0.5, 0.6) is 0 Å². The zero-order valence-electron chi connectivity index (χ0n) is 17.0. The molecule has 0 saturated heterocycles. The molecule has 1 aliphatic rings. The highest BCUT2D eigenvalue weighted by molar-refractivity contribution is 6.30. The lowest BCUT2D eigenvalue weighted by atomic mass is 10.1. The average molecular weight is 428 g/mol. The molecule has 0 atom stereocenters. The highest BCUT2D eigenvalue weighted by Gasteiger charge is 2.25. The van der Waals surface area contributed by atoms with E-state index in [9.17, 15) is 4.79 Å². The molecule has 158 valence electrons. The van der Waals surface area contributed by atoms with Gasteiger partial charge in [-0.2, -0.15) is 0 Å². The maximum Gasteiger partial charge on any atom is 0.290 e. The lowest BCUT2D eigenvalue weighted by Gasteiger charge is -2.27. The van der Waals surface area contributed by atoms with Crippen LogP contribution in [0.25, 0.3) is 0 Å². The lowest BCUT2D eigenvalue weighted by molar-refractivity contribution is -0.122. The summed E-state index contributed by atoms with van der Waals surface area (Å²) in [5.41, 5.74) is 4.66. The minimum Gasteiger partial charge on any atom is -0.483 e. The summed E-state index contributed by atoms with van der Waals surface area (Å²) in [5.74, 6) is 0. The van der Waals surface area contributed by atoms with E-state index in [2.05, 4.69) is 40.8 Å². The van der Waals surface area contributed by atoms with Crippen LogP contribution in [0, 0.1) is 0 Å². The van der Waals surface area contributed by atoms with E-state index in [4.69, 9.17) is 21.5 Å². The SMILES string of the molecule is CCn1c2c(c(=O)n1Cc1ccc(Cl)cc1)CN(Cc1ccccc1)CC2.O=CO. The third kappa shape index (κ3) is 5.01. The van der Waals surface area contributed by atoms with E-state index in [1.807, 2.05) is 35.0 Å². The molecule has 2 aromatic carbocycles. The van der Waals surface area contributed by atoms with Crippen LogP contribution < -0.4 is 5.56 Å². The quantitative estimate of drug-likeness (QED) is 0.631. The van der Waals surface area contributed by atoms with Crippen LogP contribution in [0.2, 0.25) is 5.02 Å². The third-order valence-electron chi connectivity index (χ3n) is 5.28. The molecule has 0 radical (unpaired) electrons. The first kappa shape index (κ1) is 21.9. The topological polar surface area (TPSA) is 67.5 Å². The molecule has 6 nitrogen and oxygen atoms in total. The van der Waals surface area contributed by atoms with Crippen LogP contribution >= 0.6 is 11.6 Å². The highest BCUT2D eigenvalue weighted by Crippen LogP contribution is 2.20. The molecule has 0 bridgehead atoms. The zero-order chi connectivity index (χ0) is 21.5. The van der Waals surface area contributed by atoms with E-state index in [0.717, 1.165) is 43.7 Å². The van der Waals surface area contributed by atoms with Crippen LogP contribution in [0.1, 0.15) is 29.3 Å². The number of fused-ring (bicyclic) bond motifs is 1. The molecule has 4 rings (SSSR count). The van der Waals surface area contributed by atoms with Crippen molar-refractivity contribution in [2.75, 3.05) is 6.54 Å². The van der Waals surface area contributed by atoms with Gasteiger partial charge >= 0.3 is 0 Å². The standard InChI is InChI=1S/C22H24ClN3O.CH2O2/c1-2-25-21-12-13-24(14-17-6-4-3-5-7-17)16-20(21)22(27)26(25)15-18-8-10-19(23)11-9-18;2-1-3/h3-11H,2,12-16H2,1H3;1H,(H,2,3). The summed E-state index contributed by atoms with van der Waals surface area (Å²) in [6.45, 7) is 5.82. The Hall–Kier alpha value is -2.83. The Morgan fingerprint density at radius 2 is 1.63 bits per heavy atom. The fourth-order valence-corrected chi connectivity index (χ4v) is 4.08. The fourth-order valence-electron chi connectivity index (χ4n) is 3.95. The van der Waals surface area contributed by atoms with E-state index in [1.165, 1.54) is 11.3 Å². The molecule has 30 heavy (non-hydrogen) atoms. The molecule has 7 heteroatoms. The summed E-state index contributed by atoms with van der Waals surface area (Å²) >= 11 is 5.99. The Morgan fingerprint density at radius 1 is 1.00 bits per heavy atom. The summed E-state index contributed by atoms with van der Waals surface area (Å²) in [7, 11) is 0. The molecule has 0 saturated carbocycles. The molecule has 0 spiro atoms. The fraction of sp³-hybridized carbons (Fsp3) is 0.304. The van der Waals surface area contributed by atoms with Crippen molar-refractivity contribution < 1.29 is 9.90 Å². The summed E-state index contributed by atoms with van der Waals surface area (Å²) in [5, 5.41) is 7.60. The average Bonchev–Trinajstić information content (AvgIpc) is 3.02. The van der Waals surface area contributed by atoms with Crippen molar-refractivity contribution in [3.63, 3.8) is 0 Å². The number of hydrogen-bond donors (Lipinski definition) is 1. The van der Waals surface area contributed by atoms with Crippen molar-refractivity contribution in [1.82, 2.24) is 14.3 Å². The lowest BCUT2D eigenvalue weighted by Crippen LogP contribution is -2.32. The zero-order valence-corrected chi connectivity index (χ0v) is 17.8. The normalized spacial score (nSPS) is 13.3. The van der Waals surface area contributed by atoms with Gasteiger partial charge in [0.25, 0.3) is 12.0 Å². The van der Waals surface area contributed by atoms with Crippen molar-refractivity contribution in [3.05, 3.63) is 92.4 Å². The van der Waals surface area contributed by atoms with Crippen LogP contribution in [-0.4, -0.2) is 32.4 Å². The molecule has 0 aliphatic carbocycles. The molecule has 0 amide bonds. The molecule has 1 N–H and O–H groups in total. The summed E-state index contributed by atoms with van der Waals surface area (Å²) in [6, 6.07) is 18.2. The molecule has 3 aromatic rings. The van der Waals surface area contributed by atoms with Crippen molar-refractivity contribution in [1.29, 1.82) is 0 Å². The van der Waals surface area contributed by atoms with Gasteiger partial charge in [-0.3, -0.25) is 19.2 Å². The van der Waals surface area contributed by atoms with Gasteiger partial charge in [0, 0.05) is 43.3 Å². The van der Waals surface area contributed by atoms with Crippen LogP contribution in [0.4, 0.5) is 0 Å². The Morgan fingerprint density at radius 3 is 2.27 bits per heavy atom. The van der Waals surface area contributed by atoms with E-state index in [0.29, 0.717) is 11.6 Å². The predicted molar refractivity (Wildman–Crippen MR) is 118 cm³/mol. The Bertz CT molecular complexity index is 1030. The number of aromatic nitrogens is 2. The van der Waals surface area contributed by atoms with Crippen molar-refractivity contribution in [3.8, 4) is 0 Å². The molecular weight excluding hydrogens is 402 g/mol. The van der Waals surface area contributed by atoms with E-state index in [1.54, 1.807) is 0 Å². The monoisotopic (exact) mass is 427 g/mol. The number of carboxylic acid groups (broad SMARTS) is 1. The van der Waals surface area contributed by atoms with Gasteiger partial charge in [-0.05, 0) is 30.2 Å². The maximum atomic E-state index is 13.2. The second kappa shape index (κ2) is 10.3. The largest absolute Gasteiger partial charge is 0.483 e. The Kier molecular flexibility index (Phi) is 7.49. The number of carbonyl (C=O) groups is 1. The second-order valence-corrected chi connectivity index (χ2v) is 7.62. The smallest absolute Gasteiger partial charge is 0.290 e. The molecule has 1 aliphatic heterocycles. The number of nitrogens with zero attached hydrogens (tertiary/aromatic N) is 3. The summed E-state index contributed by atoms with van der Waals surface area (Å²) < 4.78 is 4.05. The van der Waals surface area contributed by atoms with Crippen molar-refractivity contribution in [2.45, 2.75) is 39.5 Å². The molecule has 2 heterocycles. The van der Waals surface area contributed by atoms with Crippen LogP contribution in [-0.2, 0) is 37.4 Å². The first-order valence-corrected chi connectivity index (χ1v) is 10.3. The van der Waals surface area contributed by atoms with Gasteiger partial charge in [0.1, 0.15) is 0 Å². The van der Waals surface area contributed by atoms with Gasteiger partial charge in [0.05, 0.1) is 12.1 Å². The number of benzene rings is 2. The number of hydrogen-bond acceptors (Lipinski definition) is 3. The summed E-state index contributed by atoms with van der Waals surface area (Å²) in [4.78, 5) is 23.9. The third-order valence-corrected chi connectivity index (χ3v) is 5.54.